The molecule has 13 nitrogen and oxygen atoms in total. The number of anilines is 1. The molecule has 2 aromatic carbocycles. The second-order valence-electron chi connectivity index (χ2n) is 6.90. The number of hydrogen-bond donors (Lipinski definition) is 2. The van der Waals surface area contributed by atoms with Crippen molar-refractivity contribution in [2.24, 2.45) is 0 Å². The van der Waals surface area contributed by atoms with Crippen LogP contribution >= 0.6 is 0 Å². The van der Waals surface area contributed by atoms with Crippen molar-refractivity contribution in [2.75, 3.05) is 5.32 Å². The SMILES string of the molecule is O=C(ON1C(=O)CC(S(=O)(=O)[O-])C1=O)c1ccc(NCc2ccc([N+](=O)[O-])c(CO)c2)cc1.[Na+]. The van der Waals surface area contributed by atoms with E-state index in [9.17, 15) is 42.6 Å². The molecule has 0 aromatic heterocycles. The number of aliphatic hydroxyl groups is 1. The summed E-state index contributed by atoms with van der Waals surface area (Å²) in [6.07, 6.45) is -0.901. The van der Waals surface area contributed by atoms with E-state index in [2.05, 4.69) is 10.2 Å². The number of aliphatic hydroxyl groups excluding tert-OH is 1. The third-order valence-electron chi connectivity index (χ3n) is 4.71. The van der Waals surface area contributed by atoms with Gasteiger partial charge < -0.3 is 19.8 Å². The van der Waals surface area contributed by atoms with E-state index in [1.807, 2.05) is 0 Å². The van der Waals surface area contributed by atoms with Crippen LogP contribution in [0.5, 0.6) is 0 Å². The molecule has 1 fully saturated rings. The molecule has 0 saturated carbocycles. The molecule has 3 rings (SSSR count). The average Bonchev–Trinajstić information content (AvgIpc) is 3.06. The fourth-order valence-electron chi connectivity index (χ4n) is 3.02. The molecule has 1 atom stereocenters. The van der Waals surface area contributed by atoms with Gasteiger partial charge in [-0.3, -0.25) is 19.7 Å². The van der Waals surface area contributed by atoms with Crippen molar-refractivity contribution in [3.8, 4) is 0 Å². The number of imide groups is 1. The Morgan fingerprint density at radius 2 is 1.85 bits per heavy atom. The monoisotopic (exact) mass is 501 g/mol. The molecule has 0 aliphatic carbocycles. The normalized spacial score (nSPS) is 15.6. The number of carbonyl (C=O) groups is 3. The molecule has 2 amide bonds. The van der Waals surface area contributed by atoms with Gasteiger partial charge in [-0.15, -0.1) is 5.06 Å². The van der Waals surface area contributed by atoms with Gasteiger partial charge in [0, 0.05) is 18.3 Å². The van der Waals surface area contributed by atoms with Crippen molar-refractivity contribution in [1.29, 1.82) is 0 Å². The fourth-order valence-corrected chi connectivity index (χ4v) is 3.71. The predicted molar refractivity (Wildman–Crippen MR) is 108 cm³/mol. The molecule has 0 radical (unpaired) electrons. The first-order valence-corrected chi connectivity index (χ1v) is 10.7. The minimum Gasteiger partial charge on any atom is -0.747 e. The zero-order valence-corrected chi connectivity index (χ0v) is 20.5. The fraction of sp³-hybridized carbons (Fsp3) is 0.211. The molecule has 1 saturated heterocycles. The van der Waals surface area contributed by atoms with Crippen LogP contribution in [0.1, 0.15) is 27.9 Å². The van der Waals surface area contributed by atoms with Gasteiger partial charge in [-0.25, -0.2) is 13.2 Å². The van der Waals surface area contributed by atoms with Crippen LogP contribution in [0, 0.1) is 10.1 Å². The maximum atomic E-state index is 12.2. The summed E-state index contributed by atoms with van der Waals surface area (Å²) in [6.45, 7) is -0.249. The van der Waals surface area contributed by atoms with Crippen LogP contribution in [-0.4, -0.2) is 51.1 Å². The Morgan fingerprint density at radius 1 is 1.21 bits per heavy atom. The molecular formula is C19H16N3NaO10S. The molecule has 1 aliphatic rings. The molecule has 1 heterocycles. The molecule has 1 unspecified atom stereocenters. The number of carbonyl (C=O) groups excluding carboxylic acids is 3. The number of amides is 2. The van der Waals surface area contributed by atoms with Crippen LogP contribution in [0.25, 0.3) is 0 Å². The van der Waals surface area contributed by atoms with Gasteiger partial charge in [-0.1, -0.05) is 6.07 Å². The van der Waals surface area contributed by atoms with Gasteiger partial charge in [0.2, 0.25) is 0 Å². The van der Waals surface area contributed by atoms with E-state index in [1.165, 1.54) is 42.5 Å². The van der Waals surface area contributed by atoms with E-state index >= 15 is 0 Å². The summed E-state index contributed by atoms with van der Waals surface area (Å²) in [4.78, 5) is 50.8. The molecule has 0 spiro atoms. The van der Waals surface area contributed by atoms with Crippen LogP contribution in [0.4, 0.5) is 11.4 Å². The first-order chi connectivity index (χ1) is 15.5. The topological polar surface area (TPSA) is 196 Å². The quantitative estimate of drug-likeness (QED) is 0.127. The molecule has 0 bridgehead atoms. The van der Waals surface area contributed by atoms with Gasteiger partial charge in [-0.2, -0.15) is 0 Å². The number of hydrogen-bond acceptors (Lipinski definition) is 11. The van der Waals surface area contributed by atoms with Crippen molar-refractivity contribution >= 4 is 39.3 Å². The molecule has 2 aromatic rings. The number of nitrogens with zero attached hydrogens (tertiary/aromatic N) is 2. The number of nitrogens with one attached hydrogen (secondary N) is 1. The second-order valence-corrected chi connectivity index (χ2v) is 8.45. The molecular weight excluding hydrogens is 485 g/mol. The van der Waals surface area contributed by atoms with Crippen molar-refractivity contribution in [3.63, 3.8) is 0 Å². The van der Waals surface area contributed by atoms with Gasteiger partial charge in [-0.05, 0) is 35.9 Å². The van der Waals surface area contributed by atoms with Crippen LogP contribution in [0.15, 0.2) is 42.5 Å². The molecule has 15 heteroatoms. The summed E-state index contributed by atoms with van der Waals surface area (Å²) >= 11 is 0. The first-order valence-electron chi connectivity index (χ1n) is 9.26. The van der Waals surface area contributed by atoms with Gasteiger partial charge in [0.25, 0.3) is 17.5 Å². The number of rotatable bonds is 8. The maximum absolute atomic E-state index is 12.2. The van der Waals surface area contributed by atoms with Crippen LogP contribution < -0.4 is 34.9 Å². The van der Waals surface area contributed by atoms with Crippen LogP contribution in [-0.2, 0) is 37.7 Å². The van der Waals surface area contributed by atoms with E-state index < -0.39 is 51.1 Å². The number of nitro groups is 1. The van der Waals surface area contributed by atoms with Gasteiger partial charge >= 0.3 is 35.5 Å². The summed E-state index contributed by atoms with van der Waals surface area (Å²) in [5, 5.41) is 21.1. The zero-order valence-electron chi connectivity index (χ0n) is 17.7. The average molecular weight is 501 g/mol. The van der Waals surface area contributed by atoms with Crippen molar-refractivity contribution in [1.82, 2.24) is 5.06 Å². The smallest absolute Gasteiger partial charge is 0.747 e. The van der Waals surface area contributed by atoms with Gasteiger partial charge in [0.1, 0.15) is 15.4 Å². The van der Waals surface area contributed by atoms with Crippen molar-refractivity contribution in [3.05, 3.63) is 69.3 Å². The Labute approximate surface area is 214 Å². The molecule has 34 heavy (non-hydrogen) atoms. The van der Waals surface area contributed by atoms with E-state index in [4.69, 9.17) is 0 Å². The van der Waals surface area contributed by atoms with Gasteiger partial charge in [0.15, 0.2) is 0 Å². The first kappa shape index (κ1) is 27.4. The summed E-state index contributed by atoms with van der Waals surface area (Å²) in [5.74, 6) is -3.66. The Morgan fingerprint density at radius 3 is 2.38 bits per heavy atom. The number of benzene rings is 2. The Balaban J connectivity index is 0.00000408. The Kier molecular flexibility index (Phi) is 8.88. The number of hydroxylamine groups is 2. The van der Waals surface area contributed by atoms with E-state index in [1.54, 1.807) is 0 Å². The van der Waals surface area contributed by atoms with Crippen molar-refractivity contribution < 1.29 is 71.8 Å². The Bertz CT molecular complexity index is 1230. The molecule has 2 N–H and O–H groups in total. The van der Waals surface area contributed by atoms with E-state index in [0.717, 1.165) is 0 Å². The molecule has 174 valence electrons. The Hall–Kier alpha value is -2.88. The van der Waals surface area contributed by atoms with Crippen LogP contribution in [0.3, 0.4) is 0 Å². The third kappa shape index (κ3) is 6.16. The summed E-state index contributed by atoms with van der Waals surface area (Å²) < 4.78 is 33.1. The number of nitro benzene ring substituents is 1. The molecule has 1 aliphatic heterocycles. The summed E-state index contributed by atoms with van der Waals surface area (Å²) in [7, 11) is -5.07. The van der Waals surface area contributed by atoms with Crippen molar-refractivity contribution in [2.45, 2.75) is 24.8 Å². The maximum Gasteiger partial charge on any atom is 1.00 e. The second kappa shape index (κ2) is 11.0. The largest absolute Gasteiger partial charge is 1.00 e. The summed E-state index contributed by atoms with van der Waals surface area (Å²) in [5.41, 5.74) is 1.10. The van der Waals surface area contributed by atoms with Gasteiger partial charge in [0.05, 0.1) is 29.1 Å². The van der Waals surface area contributed by atoms with E-state index in [0.29, 0.717) is 11.3 Å². The van der Waals surface area contributed by atoms with E-state index in [-0.39, 0.29) is 58.0 Å². The minimum absolute atomic E-state index is 0. The standard InChI is InChI=1S/C19H17N3O10S.Na/c23-10-13-7-11(1-6-15(13)22(27)28)9-20-14-4-2-12(3-5-14)19(26)32-21-17(24)8-16(18(21)25)33(29,30)31;/h1-7,16,20,23H,8-10H2,(H,29,30,31);/q;+1/p-1. The third-order valence-corrected chi connectivity index (χ3v) is 5.78. The summed E-state index contributed by atoms with van der Waals surface area (Å²) in [6, 6.07) is 9.87. The zero-order chi connectivity index (χ0) is 24.3. The van der Waals surface area contributed by atoms with Crippen LogP contribution in [0.2, 0.25) is 0 Å². The minimum atomic E-state index is -5.07. The predicted octanol–water partition coefficient (Wildman–Crippen LogP) is -2.55.